The maximum absolute atomic E-state index is 5.26. The van der Waals surface area contributed by atoms with Gasteiger partial charge in [0.25, 0.3) is 0 Å². The van der Waals surface area contributed by atoms with Crippen LogP contribution in [0.1, 0.15) is 0 Å². The molecule has 0 aliphatic heterocycles. The van der Waals surface area contributed by atoms with Gasteiger partial charge in [0, 0.05) is 11.5 Å². The van der Waals surface area contributed by atoms with Gasteiger partial charge < -0.3 is 14.5 Å². The lowest BCUT2D eigenvalue weighted by molar-refractivity contribution is 0.356. The fourth-order valence-corrected chi connectivity index (χ4v) is 2.97. The summed E-state index contributed by atoms with van der Waals surface area (Å²) in [6.07, 6.45) is 0. The van der Waals surface area contributed by atoms with Gasteiger partial charge in [-0.15, -0.1) is 0 Å². The number of benzene rings is 1. The van der Waals surface area contributed by atoms with Gasteiger partial charge in [0.15, 0.2) is 15.5 Å². The predicted octanol–water partition coefficient (Wildman–Crippen LogP) is 3.71. The Morgan fingerprint density at radius 2 is 1.75 bits per heavy atom. The molecular weight excluding hydrogens is 262 g/mol. The average Bonchev–Trinajstić information content (AvgIpc) is 2.27. The lowest BCUT2D eigenvalue weighted by Crippen LogP contribution is -1.91. The summed E-state index contributed by atoms with van der Waals surface area (Å²) in [5.41, 5.74) is 0.867. The Kier molecular flexibility index (Phi) is 3.22. The summed E-state index contributed by atoms with van der Waals surface area (Å²) in [7, 11) is 3.19. The van der Waals surface area contributed by atoms with E-state index in [1.807, 2.05) is 12.1 Å². The van der Waals surface area contributed by atoms with E-state index in [4.69, 9.17) is 33.9 Å². The van der Waals surface area contributed by atoms with Gasteiger partial charge in [-0.3, -0.25) is 0 Å². The Morgan fingerprint density at radius 1 is 1.12 bits per heavy atom. The number of ether oxygens (including phenoxy) is 2. The monoisotopic (exact) mass is 271 g/mol. The van der Waals surface area contributed by atoms with Crippen LogP contribution in [0.5, 0.6) is 11.5 Å². The van der Waals surface area contributed by atoms with Crippen molar-refractivity contribution in [1.29, 1.82) is 0 Å². The molecule has 0 saturated heterocycles. The van der Waals surface area contributed by atoms with Crippen LogP contribution < -0.4 is 9.47 Å². The second-order valence-electron chi connectivity index (χ2n) is 3.05. The predicted molar refractivity (Wildman–Crippen MR) is 70.9 cm³/mol. The number of rotatable bonds is 2. The number of aromatic amines is 1. The molecule has 0 radical (unpaired) electrons. The second-order valence-corrected chi connectivity index (χ2v) is 5.41. The zero-order valence-electron chi connectivity index (χ0n) is 8.70. The molecular formula is C10H9NO2S3. The molecule has 1 aromatic carbocycles. The van der Waals surface area contributed by atoms with E-state index in [0.717, 1.165) is 14.7 Å². The van der Waals surface area contributed by atoms with Crippen molar-refractivity contribution >= 4 is 46.7 Å². The lowest BCUT2D eigenvalue weighted by atomic mass is 10.2. The molecule has 0 unspecified atom stereocenters. The van der Waals surface area contributed by atoms with Crippen LogP contribution >= 0.6 is 35.8 Å². The Bertz CT molecular complexity index is 645. The van der Waals surface area contributed by atoms with E-state index in [1.54, 1.807) is 14.2 Å². The first kappa shape index (κ1) is 11.5. The van der Waals surface area contributed by atoms with Gasteiger partial charge in [0.05, 0.1) is 19.7 Å². The van der Waals surface area contributed by atoms with Gasteiger partial charge in [-0.1, -0.05) is 23.6 Å². The van der Waals surface area contributed by atoms with Crippen LogP contribution in [-0.4, -0.2) is 19.2 Å². The number of hydrogen-bond donors (Lipinski definition) is 1. The van der Waals surface area contributed by atoms with Gasteiger partial charge in [0.1, 0.15) is 3.82 Å². The first-order chi connectivity index (χ1) is 7.65. The molecule has 6 heteroatoms. The number of nitrogens with one attached hydrogen (secondary N) is 1. The van der Waals surface area contributed by atoms with E-state index in [2.05, 4.69) is 4.98 Å². The summed E-state index contributed by atoms with van der Waals surface area (Å²) in [4.78, 5) is 3.09. The van der Waals surface area contributed by atoms with Gasteiger partial charge in [-0.25, -0.2) is 0 Å². The summed E-state index contributed by atoms with van der Waals surface area (Å²) in [5.74, 6) is 1.32. The molecule has 84 valence electrons. The smallest absolute Gasteiger partial charge is 0.162 e. The molecule has 1 aromatic heterocycles. The molecule has 0 fully saturated rings. The van der Waals surface area contributed by atoms with Gasteiger partial charge in [-0.05, 0) is 18.3 Å². The normalized spacial score (nSPS) is 10.4. The molecule has 0 atom stereocenters. The number of aromatic nitrogens is 1. The Hall–Kier alpha value is -0.980. The average molecular weight is 271 g/mol. The maximum atomic E-state index is 5.26. The quantitative estimate of drug-likeness (QED) is 0.844. The van der Waals surface area contributed by atoms with Gasteiger partial charge in [-0.2, -0.15) is 0 Å². The largest absolute Gasteiger partial charge is 0.493 e. The van der Waals surface area contributed by atoms with Crippen molar-refractivity contribution in [3.8, 4) is 11.5 Å². The SMILES string of the molecule is COc1cc2[nH]c(=S)sc(=S)c2cc1OC. The van der Waals surface area contributed by atoms with Crippen LogP contribution in [0, 0.1) is 7.78 Å². The van der Waals surface area contributed by atoms with E-state index in [1.165, 1.54) is 11.3 Å². The van der Waals surface area contributed by atoms with Crippen molar-refractivity contribution in [3.05, 3.63) is 19.9 Å². The maximum Gasteiger partial charge on any atom is 0.162 e. The van der Waals surface area contributed by atoms with E-state index >= 15 is 0 Å². The highest BCUT2D eigenvalue weighted by molar-refractivity contribution is 7.76. The Morgan fingerprint density at radius 3 is 2.38 bits per heavy atom. The fraction of sp³-hybridized carbons (Fsp3) is 0.200. The van der Waals surface area contributed by atoms with Crippen molar-refractivity contribution in [2.45, 2.75) is 0 Å². The number of fused-ring (bicyclic) bond motifs is 1. The molecule has 0 bridgehead atoms. The molecule has 0 amide bonds. The van der Waals surface area contributed by atoms with E-state index in [0.29, 0.717) is 15.5 Å². The van der Waals surface area contributed by atoms with Crippen LogP contribution in [0.2, 0.25) is 0 Å². The molecule has 2 rings (SSSR count). The van der Waals surface area contributed by atoms with Crippen molar-refractivity contribution < 1.29 is 9.47 Å². The minimum Gasteiger partial charge on any atom is -0.493 e. The van der Waals surface area contributed by atoms with Crippen LogP contribution in [0.25, 0.3) is 10.9 Å². The summed E-state index contributed by atoms with van der Waals surface area (Å²) >= 11 is 11.7. The van der Waals surface area contributed by atoms with Crippen LogP contribution in [0.3, 0.4) is 0 Å². The molecule has 2 aromatic rings. The molecule has 1 N–H and O–H groups in total. The molecule has 16 heavy (non-hydrogen) atoms. The Labute approximate surface area is 107 Å². The van der Waals surface area contributed by atoms with Crippen molar-refractivity contribution in [2.75, 3.05) is 14.2 Å². The van der Waals surface area contributed by atoms with Crippen LogP contribution in [-0.2, 0) is 0 Å². The van der Waals surface area contributed by atoms with Crippen molar-refractivity contribution in [1.82, 2.24) is 4.98 Å². The van der Waals surface area contributed by atoms with E-state index < -0.39 is 0 Å². The van der Waals surface area contributed by atoms with E-state index in [9.17, 15) is 0 Å². The highest BCUT2D eigenvalue weighted by Gasteiger charge is 2.07. The Balaban J connectivity index is 2.88. The number of methoxy groups -OCH3 is 2. The van der Waals surface area contributed by atoms with Gasteiger partial charge >= 0.3 is 0 Å². The highest BCUT2D eigenvalue weighted by atomic mass is 32.2. The van der Waals surface area contributed by atoms with E-state index in [-0.39, 0.29) is 0 Å². The summed E-state index contributed by atoms with van der Waals surface area (Å²) < 4.78 is 11.8. The third-order valence-corrected chi connectivity index (χ3v) is 3.68. The third kappa shape index (κ3) is 1.95. The van der Waals surface area contributed by atoms with Crippen molar-refractivity contribution in [3.63, 3.8) is 0 Å². The zero-order valence-corrected chi connectivity index (χ0v) is 11.1. The fourth-order valence-electron chi connectivity index (χ4n) is 1.43. The molecule has 0 spiro atoms. The summed E-state index contributed by atoms with van der Waals surface area (Å²) in [6.45, 7) is 0. The molecule has 0 saturated carbocycles. The molecule has 0 aliphatic carbocycles. The zero-order chi connectivity index (χ0) is 11.7. The summed E-state index contributed by atoms with van der Waals surface area (Å²) in [5, 5.41) is 0.922. The third-order valence-electron chi connectivity index (χ3n) is 2.17. The standard InChI is InChI=1S/C10H9NO2S3/c1-12-7-3-5-6(4-8(7)13-2)11-10(15)16-9(5)14/h3-4H,1-2H3,(H,11,15). The molecule has 0 aliphatic rings. The second kappa shape index (κ2) is 4.48. The van der Waals surface area contributed by atoms with Crippen LogP contribution in [0.15, 0.2) is 12.1 Å². The minimum absolute atomic E-state index is 0.657. The minimum atomic E-state index is 0.657. The molecule has 3 nitrogen and oxygen atoms in total. The van der Waals surface area contributed by atoms with Crippen LogP contribution in [0.4, 0.5) is 0 Å². The van der Waals surface area contributed by atoms with Gasteiger partial charge in [0.2, 0.25) is 0 Å². The number of hydrogen-bond acceptors (Lipinski definition) is 5. The van der Waals surface area contributed by atoms with Crippen molar-refractivity contribution in [2.24, 2.45) is 0 Å². The lowest BCUT2D eigenvalue weighted by Gasteiger charge is -2.08. The first-order valence-electron chi connectivity index (χ1n) is 4.45. The number of H-pyrrole nitrogens is 1. The topological polar surface area (TPSA) is 34.2 Å². The summed E-state index contributed by atoms with van der Waals surface area (Å²) in [6, 6.07) is 3.70. The highest BCUT2D eigenvalue weighted by Crippen LogP contribution is 2.32. The molecule has 1 heterocycles. The first-order valence-corrected chi connectivity index (χ1v) is 6.08.